The Labute approximate surface area is 151 Å². The van der Waals surface area contributed by atoms with Gasteiger partial charge < -0.3 is 9.84 Å². The molecule has 3 heterocycles. The fourth-order valence-electron chi connectivity index (χ4n) is 2.84. The number of fused-ring (bicyclic) bond motifs is 1. The quantitative estimate of drug-likeness (QED) is 0.582. The molecule has 26 heavy (non-hydrogen) atoms. The molecule has 0 fully saturated rings. The summed E-state index contributed by atoms with van der Waals surface area (Å²) in [5.41, 5.74) is 5.38. The van der Waals surface area contributed by atoms with Gasteiger partial charge in [-0.2, -0.15) is 4.98 Å². The molecular weight excluding hydrogens is 326 g/mol. The van der Waals surface area contributed by atoms with Crippen LogP contribution in [-0.2, 0) is 6.42 Å². The molecule has 0 unspecified atom stereocenters. The van der Waals surface area contributed by atoms with E-state index in [1.165, 1.54) is 5.56 Å². The van der Waals surface area contributed by atoms with Crippen molar-refractivity contribution in [2.75, 3.05) is 5.32 Å². The van der Waals surface area contributed by atoms with Crippen molar-refractivity contribution < 1.29 is 4.52 Å². The molecule has 0 radical (unpaired) electrons. The third kappa shape index (κ3) is 3.01. The van der Waals surface area contributed by atoms with Crippen LogP contribution in [0.5, 0.6) is 0 Å². The summed E-state index contributed by atoms with van der Waals surface area (Å²) in [7, 11) is 0. The molecule has 0 aliphatic heterocycles. The van der Waals surface area contributed by atoms with Crippen molar-refractivity contribution >= 4 is 22.4 Å². The third-order valence-electron chi connectivity index (χ3n) is 4.17. The van der Waals surface area contributed by atoms with E-state index in [2.05, 4.69) is 44.5 Å². The first kappa shape index (κ1) is 16.2. The van der Waals surface area contributed by atoms with Crippen LogP contribution in [0.15, 0.2) is 47.1 Å². The first-order valence-corrected chi connectivity index (χ1v) is 8.57. The van der Waals surface area contributed by atoms with E-state index in [4.69, 9.17) is 4.52 Å². The zero-order valence-electron chi connectivity index (χ0n) is 14.9. The van der Waals surface area contributed by atoms with E-state index < -0.39 is 0 Å². The molecule has 130 valence electrons. The van der Waals surface area contributed by atoms with Gasteiger partial charge in [-0.15, -0.1) is 0 Å². The van der Waals surface area contributed by atoms with Crippen molar-refractivity contribution in [1.82, 2.24) is 20.1 Å². The van der Waals surface area contributed by atoms with Gasteiger partial charge in [0.2, 0.25) is 0 Å². The van der Waals surface area contributed by atoms with E-state index in [1.807, 2.05) is 38.1 Å². The molecule has 0 aliphatic rings. The highest BCUT2D eigenvalue weighted by molar-refractivity contribution is 5.98. The Hall–Kier alpha value is -3.28. The van der Waals surface area contributed by atoms with Crippen LogP contribution in [-0.4, -0.2) is 20.1 Å². The summed E-state index contributed by atoms with van der Waals surface area (Å²) in [6.07, 6.45) is 2.45. The smallest absolute Gasteiger partial charge is 0.261 e. The number of nitrogens with zero attached hydrogens (tertiary/aromatic N) is 4. The fourth-order valence-corrected chi connectivity index (χ4v) is 2.84. The standard InChI is InChI=1S/C20H19N5O/c1-4-17-24-20(26-25-17)16-11-21-19-15(9-8-13(3)22-19)18(16)23-14-7-5-6-12(2)10-14/h5-11H,4H2,1-3H3,(H,21,22,23). The highest BCUT2D eigenvalue weighted by atomic mass is 16.5. The van der Waals surface area contributed by atoms with Gasteiger partial charge in [-0.05, 0) is 43.7 Å². The number of rotatable bonds is 4. The minimum Gasteiger partial charge on any atom is -0.354 e. The van der Waals surface area contributed by atoms with Crippen molar-refractivity contribution in [2.45, 2.75) is 27.2 Å². The van der Waals surface area contributed by atoms with E-state index >= 15 is 0 Å². The molecule has 0 aliphatic carbocycles. The number of aryl methyl sites for hydroxylation is 3. The molecule has 0 atom stereocenters. The molecule has 3 aromatic heterocycles. The Bertz CT molecular complexity index is 1090. The van der Waals surface area contributed by atoms with E-state index in [0.29, 0.717) is 23.8 Å². The maximum absolute atomic E-state index is 5.45. The molecule has 1 aromatic carbocycles. The molecular formula is C20H19N5O. The van der Waals surface area contributed by atoms with E-state index in [1.54, 1.807) is 6.20 Å². The van der Waals surface area contributed by atoms with Crippen molar-refractivity contribution in [2.24, 2.45) is 0 Å². The van der Waals surface area contributed by atoms with E-state index in [-0.39, 0.29) is 0 Å². The highest BCUT2D eigenvalue weighted by Gasteiger charge is 2.17. The predicted octanol–water partition coefficient (Wildman–Crippen LogP) is 4.60. The summed E-state index contributed by atoms with van der Waals surface area (Å²) in [6, 6.07) is 12.2. The van der Waals surface area contributed by atoms with Crippen molar-refractivity contribution in [3.63, 3.8) is 0 Å². The number of pyridine rings is 2. The Balaban J connectivity index is 1.91. The first-order valence-electron chi connectivity index (χ1n) is 8.57. The van der Waals surface area contributed by atoms with Gasteiger partial charge in [0.1, 0.15) is 0 Å². The number of aromatic nitrogens is 4. The number of hydrogen-bond donors (Lipinski definition) is 1. The molecule has 6 nitrogen and oxygen atoms in total. The third-order valence-corrected chi connectivity index (χ3v) is 4.17. The Morgan fingerprint density at radius 1 is 1.08 bits per heavy atom. The number of benzene rings is 1. The minimum atomic E-state index is 0.451. The van der Waals surface area contributed by atoms with Gasteiger partial charge in [-0.1, -0.05) is 24.2 Å². The second-order valence-corrected chi connectivity index (χ2v) is 6.23. The van der Waals surface area contributed by atoms with Crippen molar-refractivity contribution in [1.29, 1.82) is 0 Å². The lowest BCUT2D eigenvalue weighted by atomic mass is 10.1. The summed E-state index contributed by atoms with van der Waals surface area (Å²) in [5.74, 6) is 1.12. The maximum Gasteiger partial charge on any atom is 0.261 e. The average Bonchev–Trinajstić information content (AvgIpc) is 3.11. The van der Waals surface area contributed by atoms with Crippen LogP contribution in [0.2, 0.25) is 0 Å². The topological polar surface area (TPSA) is 76.7 Å². The molecule has 4 rings (SSSR count). The lowest BCUT2D eigenvalue weighted by Crippen LogP contribution is -1.98. The van der Waals surface area contributed by atoms with Gasteiger partial charge in [0, 0.05) is 29.4 Å². The summed E-state index contributed by atoms with van der Waals surface area (Å²) in [4.78, 5) is 13.5. The van der Waals surface area contributed by atoms with Crippen LogP contribution < -0.4 is 5.32 Å². The van der Waals surface area contributed by atoms with Crippen LogP contribution in [0.3, 0.4) is 0 Å². The van der Waals surface area contributed by atoms with E-state index in [9.17, 15) is 0 Å². The molecule has 0 saturated carbocycles. The van der Waals surface area contributed by atoms with Gasteiger partial charge in [-0.3, -0.25) is 0 Å². The van der Waals surface area contributed by atoms with Crippen LogP contribution in [0.25, 0.3) is 22.5 Å². The van der Waals surface area contributed by atoms with Crippen LogP contribution in [0.4, 0.5) is 11.4 Å². The monoisotopic (exact) mass is 345 g/mol. The highest BCUT2D eigenvalue weighted by Crippen LogP contribution is 2.34. The normalized spacial score (nSPS) is 11.0. The van der Waals surface area contributed by atoms with Gasteiger partial charge in [0.25, 0.3) is 5.89 Å². The zero-order valence-corrected chi connectivity index (χ0v) is 14.9. The SMILES string of the molecule is CCc1noc(-c2cnc3nc(C)ccc3c2Nc2cccc(C)c2)n1. The molecule has 0 saturated heterocycles. The first-order chi connectivity index (χ1) is 12.6. The maximum atomic E-state index is 5.45. The predicted molar refractivity (Wildman–Crippen MR) is 101 cm³/mol. The second kappa shape index (κ2) is 6.55. The van der Waals surface area contributed by atoms with Crippen LogP contribution in [0, 0.1) is 13.8 Å². The molecule has 1 N–H and O–H groups in total. The minimum absolute atomic E-state index is 0.451. The van der Waals surface area contributed by atoms with Crippen LogP contribution in [0.1, 0.15) is 24.0 Å². The number of anilines is 2. The molecule has 0 bridgehead atoms. The number of nitrogens with one attached hydrogen (secondary N) is 1. The molecule has 6 heteroatoms. The Morgan fingerprint density at radius 2 is 1.96 bits per heavy atom. The number of hydrogen-bond acceptors (Lipinski definition) is 6. The lowest BCUT2D eigenvalue weighted by Gasteiger charge is -2.13. The summed E-state index contributed by atoms with van der Waals surface area (Å²) < 4.78 is 5.45. The molecule has 4 aromatic rings. The molecule has 0 amide bonds. The van der Waals surface area contributed by atoms with Crippen molar-refractivity contribution in [3.05, 3.63) is 59.7 Å². The second-order valence-electron chi connectivity index (χ2n) is 6.23. The summed E-state index contributed by atoms with van der Waals surface area (Å²) in [6.45, 7) is 6.01. The average molecular weight is 345 g/mol. The molecule has 0 spiro atoms. The van der Waals surface area contributed by atoms with Gasteiger partial charge in [0.05, 0.1) is 11.3 Å². The van der Waals surface area contributed by atoms with Gasteiger partial charge in [-0.25, -0.2) is 9.97 Å². The van der Waals surface area contributed by atoms with Crippen molar-refractivity contribution in [3.8, 4) is 11.5 Å². The summed E-state index contributed by atoms with van der Waals surface area (Å²) >= 11 is 0. The zero-order chi connectivity index (χ0) is 18.1. The Morgan fingerprint density at radius 3 is 2.73 bits per heavy atom. The largest absolute Gasteiger partial charge is 0.354 e. The van der Waals surface area contributed by atoms with Gasteiger partial charge >= 0.3 is 0 Å². The van der Waals surface area contributed by atoms with Crippen LogP contribution >= 0.6 is 0 Å². The summed E-state index contributed by atoms with van der Waals surface area (Å²) in [5, 5.41) is 8.41. The lowest BCUT2D eigenvalue weighted by molar-refractivity contribution is 0.423. The Kier molecular flexibility index (Phi) is 4.08. The van der Waals surface area contributed by atoms with E-state index in [0.717, 1.165) is 28.0 Å². The van der Waals surface area contributed by atoms with Gasteiger partial charge in [0.15, 0.2) is 11.5 Å². The fraction of sp³-hybridized carbons (Fsp3) is 0.200.